The van der Waals surface area contributed by atoms with Crippen LogP contribution in [0.2, 0.25) is 0 Å². The molecule has 1 aliphatic heterocycles. The molecule has 1 aromatic heterocycles. The summed E-state index contributed by atoms with van der Waals surface area (Å²) in [7, 11) is 0. The number of aromatic nitrogens is 2. The van der Waals surface area contributed by atoms with Crippen LogP contribution in [0.3, 0.4) is 0 Å². The first-order valence-electron chi connectivity index (χ1n) is 11.0. The number of para-hydroxylation sites is 1. The van der Waals surface area contributed by atoms with Crippen LogP contribution in [-0.2, 0) is 4.79 Å². The summed E-state index contributed by atoms with van der Waals surface area (Å²) in [5.74, 6) is 1.28. The number of ether oxygens (including phenoxy) is 1. The topological polar surface area (TPSA) is 47.4 Å². The molecule has 1 fully saturated rings. The standard InChI is InChI=1S/C26H27N3O2S2/c1-5-28-25(30)23(33-26(28)32)14-20-15-29(21-9-7-6-8-10-21)27-24(20)19-11-12-22(18(4)13-19)31-16-17(2)3/h6-15,17H,5,16H2,1-4H3/b23-14-. The minimum absolute atomic E-state index is 0.0560. The summed E-state index contributed by atoms with van der Waals surface area (Å²) in [6.45, 7) is 9.47. The van der Waals surface area contributed by atoms with Gasteiger partial charge < -0.3 is 4.74 Å². The third-order valence-corrected chi connectivity index (χ3v) is 6.64. The maximum absolute atomic E-state index is 12.8. The van der Waals surface area contributed by atoms with Gasteiger partial charge in [0.1, 0.15) is 15.8 Å². The van der Waals surface area contributed by atoms with Crippen LogP contribution < -0.4 is 4.74 Å². The van der Waals surface area contributed by atoms with Gasteiger partial charge in [-0.1, -0.05) is 56.0 Å². The van der Waals surface area contributed by atoms with Crippen LogP contribution in [0, 0.1) is 12.8 Å². The van der Waals surface area contributed by atoms with Gasteiger partial charge in [0, 0.05) is 23.9 Å². The Balaban J connectivity index is 1.77. The first kappa shape index (κ1) is 23.3. The third kappa shape index (κ3) is 5.04. The molecule has 4 rings (SSSR count). The second kappa shape index (κ2) is 9.93. The van der Waals surface area contributed by atoms with E-state index in [1.807, 2.05) is 73.3 Å². The normalized spacial score (nSPS) is 15.2. The fourth-order valence-electron chi connectivity index (χ4n) is 3.56. The second-order valence-corrected chi connectivity index (χ2v) is 10.0. The highest BCUT2D eigenvalue weighted by atomic mass is 32.2. The molecule has 5 nitrogen and oxygen atoms in total. The molecule has 170 valence electrons. The maximum Gasteiger partial charge on any atom is 0.266 e. The highest BCUT2D eigenvalue weighted by Gasteiger charge is 2.31. The van der Waals surface area contributed by atoms with Crippen molar-refractivity contribution in [3.05, 3.63) is 70.8 Å². The summed E-state index contributed by atoms with van der Waals surface area (Å²) in [5, 5.41) is 4.89. The summed E-state index contributed by atoms with van der Waals surface area (Å²) in [4.78, 5) is 15.0. The number of hydrogen-bond acceptors (Lipinski definition) is 5. The lowest BCUT2D eigenvalue weighted by molar-refractivity contribution is -0.121. The van der Waals surface area contributed by atoms with Gasteiger partial charge in [0.15, 0.2) is 0 Å². The number of benzene rings is 2. The Bertz CT molecular complexity index is 1220. The Morgan fingerprint density at radius 2 is 1.94 bits per heavy atom. The molecule has 2 heterocycles. The number of amides is 1. The van der Waals surface area contributed by atoms with Crippen molar-refractivity contribution in [2.24, 2.45) is 5.92 Å². The number of thioether (sulfide) groups is 1. The molecule has 33 heavy (non-hydrogen) atoms. The number of aryl methyl sites for hydroxylation is 1. The Hall–Kier alpha value is -2.90. The second-order valence-electron chi connectivity index (χ2n) is 8.32. The van der Waals surface area contributed by atoms with Crippen molar-refractivity contribution >= 4 is 40.3 Å². The van der Waals surface area contributed by atoms with Gasteiger partial charge in [-0.3, -0.25) is 9.69 Å². The Morgan fingerprint density at radius 1 is 1.18 bits per heavy atom. The van der Waals surface area contributed by atoms with Gasteiger partial charge >= 0.3 is 0 Å². The molecule has 3 aromatic rings. The fourth-order valence-corrected chi connectivity index (χ4v) is 4.93. The quantitative estimate of drug-likeness (QED) is 0.304. The number of carbonyl (C=O) groups excluding carboxylic acids is 1. The van der Waals surface area contributed by atoms with Gasteiger partial charge in [0.2, 0.25) is 0 Å². The molecule has 0 bridgehead atoms. The van der Waals surface area contributed by atoms with E-state index in [0.717, 1.165) is 33.8 Å². The van der Waals surface area contributed by atoms with Crippen molar-refractivity contribution in [2.75, 3.05) is 13.2 Å². The lowest BCUT2D eigenvalue weighted by Crippen LogP contribution is -2.27. The zero-order valence-corrected chi connectivity index (χ0v) is 20.9. The van der Waals surface area contributed by atoms with Crippen molar-refractivity contribution in [1.29, 1.82) is 0 Å². The Kier molecular flexibility index (Phi) is 7.00. The summed E-state index contributed by atoms with van der Waals surface area (Å²) in [6.07, 6.45) is 3.86. The highest BCUT2D eigenvalue weighted by molar-refractivity contribution is 8.26. The minimum atomic E-state index is -0.0560. The highest BCUT2D eigenvalue weighted by Crippen LogP contribution is 2.35. The van der Waals surface area contributed by atoms with Crippen molar-refractivity contribution in [3.8, 4) is 22.7 Å². The molecule has 2 aromatic carbocycles. The lowest BCUT2D eigenvalue weighted by Gasteiger charge is -2.12. The number of rotatable bonds is 7. The smallest absolute Gasteiger partial charge is 0.266 e. The number of likely N-dealkylation sites (N-methyl/N-ethyl adjacent to an activating group) is 1. The first-order valence-corrected chi connectivity index (χ1v) is 12.2. The van der Waals surface area contributed by atoms with Crippen LogP contribution in [0.5, 0.6) is 5.75 Å². The number of nitrogens with zero attached hydrogens (tertiary/aromatic N) is 3. The van der Waals surface area contributed by atoms with Gasteiger partial charge in [-0.2, -0.15) is 5.10 Å². The van der Waals surface area contributed by atoms with Crippen LogP contribution >= 0.6 is 24.0 Å². The van der Waals surface area contributed by atoms with Crippen molar-refractivity contribution in [2.45, 2.75) is 27.7 Å². The minimum Gasteiger partial charge on any atom is -0.493 e. The Labute approximate surface area is 204 Å². The van der Waals surface area contributed by atoms with E-state index >= 15 is 0 Å². The number of thiocarbonyl (C=S) groups is 1. The van der Waals surface area contributed by atoms with Gasteiger partial charge in [0.25, 0.3) is 5.91 Å². The van der Waals surface area contributed by atoms with Crippen LogP contribution in [-0.4, -0.2) is 38.1 Å². The number of hydrogen-bond donors (Lipinski definition) is 0. The van der Waals surface area contributed by atoms with Gasteiger partial charge in [-0.25, -0.2) is 4.68 Å². The lowest BCUT2D eigenvalue weighted by atomic mass is 10.0. The average molecular weight is 478 g/mol. The SMILES string of the molecule is CCN1C(=O)/C(=C/c2cn(-c3ccccc3)nc2-c2ccc(OCC(C)C)c(C)c2)SC1=S. The molecule has 0 atom stereocenters. The van der Waals surface area contributed by atoms with Crippen LogP contribution in [0.4, 0.5) is 0 Å². The van der Waals surface area contributed by atoms with E-state index in [-0.39, 0.29) is 5.91 Å². The molecule has 0 saturated carbocycles. The zero-order chi connectivity index (χ0) is 23.5. The fraction of sp³-hybridized carbons (Fsp3) is 0.269. The maximum atomic E-state index is 12.8. The summed E-state index contributed by atoms with van der Waals surface area (Å²) >= 11 is 6.72. The van der Waals surface area contributed by atoms with E-state index in [2.05, 4.69) is 19.9 Å². The average Bonchev–Trinajstić information content (AvgIpc) is 3.33. The van der Waals surface area contributed by atoms with Crippen molar-refractivity contribution < 1.29 is 9.53 Å². The van der Waals surface area contributed by atoms with E-state index in [0.29, 0.717) is 28.3 Å². The predicted octanol–water partition coefficient (Wildman–Crippen LogP) is 6.10. The Morgan fingerprint density at radius 3 is 2.58 bits per heavy atom. The van der Waals surface area contributed by atoms with E-state index < -0.39 is 0 Å². The third-order valence-electron chi connectivity index (χ3n) is 5.26. The van der Waals surface area contributed by atoms with Crippen molar-refractivity contribution in [3.63, 3.8) is 0 Å². The molecular weight excluding hydrogens is 450 g/mol. The van der Waals surface area contributed by atoms with E-state index in [9.17, 15) is 4.79 Å². The summed E-state index contributed by atoms with van der Waals surface area (Å²) in [6, 6.07) is 16.0. The molecule has 0 radical (unpaired) electrons. The van der Waals surface area contributed by atoms with Crippen LogP contribution in [0.15, 0.2) is 59.6 Å². The van der Waals surface area contributed by atoms with E-state index in [4.69, 9.17) is 22.1 Å². The van der Waals surface area contributed by atoms with Gasteiger partial charge in [-0.15, -0.1) is 0 Å². The largest absolute Gasteiger partial charge is 0.493 e. The van der Waals surface area contributed by atoms with Gasteiger partial charge in [0.05, 0.1) is 17.2 Å². The van der Waals surface area contributed by atoms with Crippen LogP contribution in [0.1, 0.15) is 31.9 Å². The predicted molar refractivity (Wildman–Crippen MR) is 140 cm³/mol. The molecule has 0 unspecified atom stereocenters. The molecule has 0 spiro atoms. The monoisotopic (exact) mass is 477 g/mol. The molecule has 1 aliphatic rings. The van der Waals surface area contributed by atoms with E-state index in [1.165, 1.54) is 11.8 Å². The molecule has 1 saturated heterocycles. The summed E-state index contributed by atoms with van der Waals surface area (Å²) in [5.41, 5.74) is 4.64. The molecule has 7 heteroatoms. The molecule has 0 aliphatic carbocycles. The molecular formula is C26H27N3O2S2. The molecule has 1 amide bonds. The summed E-state index contributed by atoms with van der Waals surface area (Å²) < 4.78 is 8.38. The van der Waals surface area contributed by atoms with Crippen LogP contribution in [0.25, 0.3) is 23.0 Å². The number of carbonyl (C=O) groups is 1. The zero-order valence-electron chi connectivity index (χ0n) is 19.2. The first-order chi connectivity index (χ1) is 15.9. The van der Waals surface area contributed by atoms with Crippen molar-refractivity contribution in [1.82, 2.24) is 14.7 Å². The van der Waals surface area contributed by atoms with Gasteiger partial charge in [-0.05, 0) is 61.7 Å². The van der Waals surface area contributed by atoms with E-state index in [1.54, 1.807) is 4.90 Å². The molecule has 0 N–H and O–H groups in total.